The Bertz CT molecular complexity index is 847. The van der Waals surface area contributed by atoms with E-state index in [0.29, 0.717) is 18.4 Å². The van der Waals surface area contributed by atoms with Crippen LogP contribution in [0.2, 0.25) is 0 Å². The Hall–Kier alpha value is -2.82. The molecule has 3 atom stereocenters. The lowest BCUT2D eigenvalue weighted by Gasteiger charge is -2.38. The van der Waals surface area contributed by atoms with Crippen molar-refractivity contribution in [1.29, 1.82) is 0 Å². The fraction of sp³-hybridized carbons (Fsp3) is 0.300. The number of fused-ring (bicyclic) bond motifs is 3. The van der Waals surface area contributed by atoms with Crippen LogP contribution in [0.3, 0.4) is 0 Å². The number of nitrogens with zero attached hydrogens (tertiary/aromatic N) is 1. The molecule has 128 valence electrons. The summed E-state index contributed by atoms with van der Waals surface area (Å²) in [5, 5.41) is 14.8. The van der Waals surface area contributed by atoms with Gasteiger partial charge in [-0.05, 0) is 36.5 Å². The van der Waals surface area contributed by atoms with E-state index in [9.17, 15) is 10.1 Å². The minimum Gasteiger partial charge on any atom is -0.492 e. The van der Waals surface area contributed by atoms with Crippen molar-refractivity contribution in [1.82, 2.24) is 0 Å². The minimum atomic E-state index is -0.337. The number of ether oxygens (including phenoxy) is 1. The van der Waals surface area contributed by atoms with Crippen molar-refractivity contribution < 1.29 is 9.66 Å². The van der Waals surface area contributed by atoms with Gasteiger partial charge in [0, 0.05) is 18.1 Å². The third-order valence-corrected chi connectivity index (χ3v) is 5.10. The van der Waals surface area contributed by atoms with Crippen molar-refractivity contribution in [3.05, 3.63) is 75.9 Å². The van der Waals surface area contributed by atoms with Gasteiger partial charge in [-0.2, -0.15) is 0 Å². The third kappa shape index (κ3) is 2.65. The molecule has 0 saturated heterocycles. The van der Waals surface area contributed by atoms with Crippen LogP contribution in [0.15, 0.2) is 54.6 Å². The van der Waals surface area contributed by atoms with Gasteiger partial charge in [0.05, 0.1) is 23.3 Å². The van der Waals surface area contributed by atoms with E-state index in [1.165, 1.54) is 11.6 Å². The summed E-state index contributed by atoms with van der Waals surface area (Å²) in [7, 11) is 0. The highest BCUT2D eigenvalue weighted by atomic mass is 16.6. The maximum atomic E-state index is 11.2. The molecule has 1 N–H and O–H groups in total. The summed E-state index contributed by atoms with van der Waals surface area (Å²) in [5.74, 6) is 1.50. The van der Waals surface area contributed by atoms with Gasteiger partial charge in [0.2, 0.25) is 0 Å². The summed E-state index contributed by atoms with van der Waals surface area (Å²) >= 11 is 0. The zero-order chi connectivity index (χ0) is 17.4. The summed E-state index contributed by atoms with van der Waals surface area (Å²) in [6, 6.07) is 13.1. The fourth-order valence-electron chi connectivity index (χ4n) is 4.03. The van der Waals surface area contributed by atoms with Crippen LogP contribution in [0.1, 0.15) is 36.4 Å². The van der Waals surface area contributed by atoms with Gasteiger partial charge in [0.1, 0.15) is 5.75 Å². The highest BCUT2D eigenvalue weighted by molar-refractivity contribution is 5.67. The lowest BCUT2D eigenvalue weighted by atomic mass is 9.77. The monoisotopic (exact) mass is 336 g/mol. The smallest absolute Gasteiger partial charge is 0.269 e. The van der Waals surface area contributed by atoms with Crippen LogP contribution in [0.4, 0.5) is 11.4 Å². The van der Waals surface area contributed by atoms with Crippen molar-refractivity contribution in [2.24, 2.45) is 5.92 Å². The molecule has 2 aromatic carbocycles. The third-order valence-electron chi connectivity index (χ3n) is 5.10. The molecule has 0 radical (unpaired) electrons. The molecule has 25 heavy (non-hydrogen) atoms. The Balaban J connectivity index is 1.79. The second-order valence-corrected chi connectivity index (χ2v) is 6.48. The predicted molar refractivity (Wildman–Crippen MR) is 97.1 cm³/mol. The molecule has 2 aliphatic rings. The molecule has 0 spiro atoms. The van der Waals surface area contributed by atoms with Crippen molar-refractivity contribution >= 4 is 11.4 Å². The SMILES string of the molecule is CCOc1cccc2c1N[C@H](c1cccc([N+](=O)[O-])c1)[C@H]1CC=C[C@@H]21. The molecule has 1 heterocycles. The van der Waals surface area contributed by atoms with Crippen LogP contribution in [0.5, 0.6) is 5.75 Å². The quantitative estimate of drug-likeness (QED) is 0.494. The first-order valence-corrected chi connectivity index (χ1v) is 8.62. The number of nitro benzene ring substituents is 1. The normalized spacial score (nSPS) is 23.5. The van der Waals surface area contributed by atoms with Crippen LogP contribution in [-0.2, 0) is 0 Å². The summed E-state index contributed by atoms with van der Waals surface area (Å²) in [4.78, 5) is 10.8. The number of benzene rings is 2. The first kappa shape index (κ1) is 15.7. The lowest BCUT2D eigenvalue weighted by molar-refractivity contribution is -0.384. The predicted octanol–water partition coefficient (Wildman–Crippen LogP) is 4.82. The maximum Gasteiger partial charge on any atom is 0.269 e. The molecule has 0 aromatic heterocycles. The molecule has 0 amide bonds. The Kier molecular flexibility index (Phi) is 3.92. The summed E-state index contributed by atoms with van der Waals surface area (Å²) in [6.07, 6.45) is 5.43. The first-order chi connectivity index (χ1) is 12.2. The van der Waals surface area contributed by atoms with Crippen molar-refractivity contribution in [3.8, 4) is 5.75 Å². The van der Waals surface area contributed by atoms with E-state index < -0.39 is 0 Å². The molecule has 0 saturated carbocycles. The Morgan fingerprint density at radius 2 is 2.12 bits per heavy atom. The van der Waals surface area contributed by atoms with Gasteiger partial charge in [-0.25, -0.2) is 0 Å². The topological polar surface area (TPSA) is 64.4 Å². The summed E-state index contributed by atoms with van der Waals surface area (Å²) in [5.41, 5.74) is 3.33. The van der Waals surface area contributed by atoms with Gasteiger partial charge in [0.15, 0.2) is 0 Å². The van der Waals surface area contributed by atoms with E-state index in [1.807, 2.05) is 25.1 Å². The summed E-state index contributed by atoms with van der Waals surface area (Å²) in [6.45, 7) is 2.57. The highest BCUT2D eigenvalue weighted by Crippen LogP contribution is 2.52. The number of non-ortho nitro benzene ring substituents is 1. The Labute approximate surface area is 146 Å². The molecular formula is C20H20N2O3. The molecule has 2 aromatic rings. The number of allylic oxidation sites excluding steroid dienone is 2. The molecule has 0 bridgehead atoms. The van der Waals surface area contributed by atoms with E-state index >= 15 is 0 Å². The zero-order valence-corrected chi connectivity index (χ0v) is 14.0. The number of hydrogen-bond acceptors (Lipinski definition) is 4. The number of anilines is 1. The van der Waals surface area contributed by atoms with Crippen LogP contribution >= 0.6 is 0 Å². The minimum absolute atomic E-state index is 0.0222. The van der Waals surface area contributed by atoms with Crippen LogP contribution in [-0.4, -0.2) is 11.5 Å². The first-order valence-electron chi connectivity index (χ1n) is 8.62. The zero-order valence-electron chi connectivity index (χ0n) is 14.0. The van der Waals surface area contributed by atoms with E-state index in [-0.39, 0.29) is 16.7 Å². The van der Waals surface area contributed by atoms with E-state index in [1.54, 1.807) is 12.1 Å². The van der Waals surface area contributed by atoms with Crippen LogP contribution < -0.4 is 10.1 Å². The molecule has 5 heteroatoms. The van der Waals surface area contributed by atoms with Crippen molar-refractivity contribution in [2.45, 2.75) is 25.3 Å². The van der Waals surface area contributed by atoms with Crippen LogP contribution in [0.25, 0.3) is 0 Å². The van der Waals surface area contributed by atoms with E-state index in [0.717, 1.165) is 23.4 Å². The molecule has 5 nitrogen and oxygen atoms in total. The highest BCUT2D eigenvalue weighted by Gasteiger charge is 2.39. The van der Waals surface area contributed by atoms with Gasteiger partial charge < -0.3 is 10.1 Å². The average molecular weight is 336 g/mol. The average Bonchev–Trinajstić information content (AvgIpc) is 3.12. The second kappa shape index (κ2) is 6.24. The second-order valence-electron chi connectivity index (χ2n) is 6.48. The van der Waals surface area contributed by atoms with Crippen LogP contribution in [0, 0.1) is 16.0 Å². The lowest BCUT2D eigenvalue weighted by Crippen LogP contribution is -2.29. The van der Waals surface area contributed by atoms with E-state index in [4.69, 9.17) is 4.74 Å². The van der Waals surface area contributed by atoms with Gasteiger partial charge >= 0.3 is 0 Å². The molecular weight excluding hydrogens is 316 g/mol. The van der Waals surface area contributed by atoms with Gasteiger partial charge in [-0.1, -0.05) is 36.4 Å². The molecule has 1 aliphatic heterocycles. The number of rotatable bonds is 4. The number of nitrogens with one attached hydrogen (secondary N) is 1. The Morgan fingerprint density at radius 1 is 1.28 bits per heavy atom. The summed E-state index contributed by atoms with van der Waals surface area (Å²) < 4.78 is 5.80. The molecule has 1 aliphatic carbocycles. The maximum absolute atomic E-state index is 11.2. The van der Waals surface area contributed by atoms with Crippen molar-refractivity contribution in [2.75, 3.05) is 11.9 Å². The van der Waals surface area contributed by atoms with Crippen molar-refractivity contribution in [3.63, 3.8) is 0 Å². The molecule has 0 fully saturated rings. The van der Waals surface area contributed by atoms with Gasteiger partial charge in [-0.3, -0.25) is 10.1 Å². The number of hydrogen-bond donors (Lipinski definition) is 1. The van der Waals surface area contributed by atoms with E-state index in [2.05, 4.69) is 23.5 Å². The number of para-hydroxylation sites is 1. The fourth-order valence-corrected chi connectivity index (χ4v) is 4.03. The molecule has 4 rings (SSSR count). The number of nitro groups is 1. The standard InChI is InChI=1S/C20H20N2O3/c1-2-25-18-11-5-10-17-15-8-4-9-16(15)19(21-20(17)18)13-6-3-7-14(12-13)22(23)24/h3-8,10-12,15-16,19,21H,2,9H2,1H3/t15-,16+,19-/m1/s1. The Morgan fingerprint density at radius 3 is 2.92 bits per heavy atom. The van der Waals surface area contributed by atoms with Gasteiger partial charge in [-0.15, -0.1) is 0 Å². The van der Waals surface area contributed by atoms with Gasteiger partial charge in [0.25, 0.3) is 5.69 Å². The molecule has 0 unspecified atom stereocenters. The largest absolute Gasteiger partial charge is 0.492 e.